The maximum absolute atomic E-state index is 12.6. The monoisotopic (exact) mass is 340 g/mol. The lowest BCUT2D eigenvalue weighted by molar-refractivity contribution is 0.0947. The van der Waals surface area contributed by atoms with Crippen molar-refractivity contribution < 1.29 is 9.53 Å². The first kappa shape index (κ1) is 17.7. The zero-order valence-corrected chi connectivity index (χ0v) is 15.3. The molecule has 4 nitrogen and oxygen atoms in total. The molecule has 1 amide bonds. The molecule has 0 aromatic heterocycles. The van der Waals surface area contributed by atoms with Crippen LogP contribution in [0.3, 0.4) is 0 Å². The second-order valence-corrected chi connectivity index (χ2v) is 7.03. The molecule has 4 heteroatoms. The van der Waals surface area contributed by atoms with Crippen molar-refractivity contribution in [3.05, 3.63) is 42.0 Å². The zero-order valence-electron chi connectivity index (χ0n) is 15.3. The third-order valence-electron chi connectivity index (χ3n) is 5.13. The van der Waals surface area contributed by atoms with Gasteiger partial charge in [0.1, 0.15) is 5.75 Å². The molecule has 1 aliphatic heterocycles. The van der Waals surface area contributed by atoms with Gasteiger partial charge in [-0.1, -0.05) is 31.2 Å². The van der Waals surface area contributed by atoms with Crippen LogP contribution in [0.1, 0.15) is 36.5 Å². The summed E-state index contributed by atoms with van der Waals surface area (Å²) in [5.41, 5.74) is 0.605. The molecule has 0 atom stereocenters. The average molecular weight is 340 g/mol. The Morgan fingerprint density at radius 3 is 2.56 bits per heavy atom. The molecule has 1 saturated heterocycles. The number of piperidine rings is 1. The first-order valence-corrected chi connectivity index (χ1v) is 9.24. The van der Waals surface area contributed by atoms with Gasteiger partial charge in [-0.3, -0.25) is 4.79 Å². The third-order valence-corrected chi connectivity index (χ3v) is 5.13. The smallest absolute Gasteiger partial charge is 0.255 e. The van der Waals surface area contributed by atoms with Crippen molar-refractivity contribution in [2.45, 2.75) is 26.2 Å². The van der Waals surface area contributed by atoms with E-state index in [0.29, 0.717) is 17.9 Å². The van der Waals surface area contributed by atoms with Crippen molar-refractivity contribution in [2.75, 3.05) is 33.3 Å². The maximum Gasteiger partial charge on any atom is 0.255 e. The van der Waals surface area contributed by atoms with Gasteiger partial charge in [-0.25, -0.2) is 0 Å². The molecule has 1 heterocycles. The van der Waals surface area contributed by atoms with Crippen LogP contribution in [0, 0.1) is 5.92 Å². The number of benzene rings is 2. The number of amides is 1. The summed E-state index contributed by atoms with van der Waals surface area (Å²) in [4.78, 5) is 15.1. The Morgan fingerprint density at radius 2 is 1.88 bits per heavy atom. The van der Waals surface area contributed by atoms with Crippen LogP contribution >= 0.6 is 0 Å². The van der Waals surface area contributed by atoms with E-state index in [4.69, 9.17) is 4.74 Å². The Bertz CT molecular complexity index is 721. The van der Waals surface area contributed by atoms with E-state index in [0.717, 1.165) is 29.7 Å². The van der Waals surface area contributed by atoms with Crippen molar-refractivity contribution in [1.82, 2.24) is 10.2 Å². The predicted octanol–water partition coefficient (Wildman–Crippen LogP) is 3.70. The second kappa shape index (κ2) is 8.34. The number of carbonyl (C=O) groups excluding carboxylic acids is 1. The van der Waals surface area contributed by atoms with Gasteiger partial charge in [-0.05, 0) is 67.7 Å². The summed E-state index contributed by atoms with van der Waals surface area (Å²) in [7, 11) is 1.61. The molecule has 1 aliphatic rings. The number of hydrogen-bond acceptors (Lipinski definition) is 3. The molecule has 134 valence electrons. The van der Waals surface area contributed by atoms with Gasteiger partial charge in [-0.2, -0.15) is 0 Å². The van der Waals surface area contributed by atoms with Crippen molar-refractivity contribution >= 4 is 16.7 Å². The number of rotatable bonds is 6. The predicted molar refractivity (Wildman–Crippen MR) is 102 cm³/mol. The molecule has 0 bridgehead atoms. The third kappa shape index (κ3) is 4.51. The van der Waals surface area contributed by atoms with Crippen LogP contribution in [0.2, 0.25) is 0 Å². The highest BCUT2D eigenvalue weighted by Gasteiger charge is 2.16. The normalized spacial score (nSPS) is 16.1. The highest BCUT2D eigenvalue weighted by Crippen LogP contribution is 2.25. The van der Waals surface area contributed by atoms with Gasteiger partial charge in [0.25, 0.3) is 5.91 Å². The summed E-state index contributed by atoms with van der Waals surface area (Å²) in [6.45, 7) is 6.46. The van der Waals surface area contributed by atoms with Gasteiger partial charge in [0.05, 0.1) is 12.7 Å². The minimum atomic E-state index is -0.0603. The van der Waals surface area contributed by atoms with Gasteiger partial charge >= 0.3 is 0 Å². The molecule has 25 heavy (non-hydrogen) atoms. The molecule has 0 aliphatic carbocycles. The number of carbonyl (C=O) groups is 1. The van der Waals surface area contributed by atoms with E-state index in [2.05, 4.69) is 17.1 Å². The van der Waals surface area contributed by atoms with E-state index in [1.807, 2.05) is 36.4 Å². The molecule has 0 radical (unpaired) electrons. The molecular formula is C21H28N2O2. The largest absolute Gasteiger partial charge is 0.496 e. The van der Waals surface area contributed by atoms with E-state index < -0.39 is 0 Å². The Hall–Kier alpha value is -2.07. The van der Waals surface area contributed by atoms with Gasteiger partial charge in [-0.15, -0.1) is 0 Å². The number of likely N-dealkylation sites (tertiary alicyclic amines) is 1. The number of fused-ring (bicyclic) bond motifs is 1. The minimum Gasteiger partial charge on any atom is -0.496 e. The van der Waals surface area contributed by atoms with E-state index in [1.165, 1.54) is 25.9 Å². The van der Waals surface area contributed by atoms with Crippen LogP contribution in [0.5, 0.6) is 5.75 Å². The number of hydrogen-bond donors (Lipinski definition) is 1. The first-order chi connectivity index (χ1) is 12.2. The summed E-state index contributed by atoms with van der Waals surface area (Å²) >= 11 is 0. The Morgan fingerprint density at radius 1 is 1.20 bits per heavy atom. The topological polar surface area (TPSA) is 41.6 Å². The van der Waals surface area contributed by atoms with Crippen LogP contribution in [-0.2, 0) is 0 Å². The van der Waals surface area contributed by atoms with Crippen molar-refractivity contribution in [1.29, 1.82) is 0 Å². The fraction of sp³-hybridized carbons (Fsp3) is 0.476. The van der Waals surface area contributed by atoms with Crippen LogP contribution in [0.15, 0.2) is 36.4 Å². The summed E-state index contributed by atoms with van der Waals surface area (Å²) in [5, 5.41) is 5.17. The van der Waals surface area contributed by atoms with E-state index >= 15 is 0 Å². The lowest BCUT2D eigenvalue weighted by atomic mass is 9.99. The molecule has 2 aromatic rings. The number of ether oxygens (including phenoxy) is 1. The molecule has 3 rings (SSSR count). The highest BCUT2D eigenvalue weighted by atomic mass is 16.5. The van der Waals surface area contributed by atoms with Crippen LogP contribution < -0.4 is 10.1 Å². The summed E-state index contributed by atoms with van der Waals surface area (Å²) < 4.78 is 5.42. The first-order valence-electron chi connectivity index (χ1n) is 9.24. The maximum atomic E-state index is 12.6. The number of nitrogens with one attached hydrogen (secondary N) is 1. The Kier molecular flexibility index (Phi) is 5.92. The standard InChI is InChI=1S/C21H28N2O2/c1-16-8-12-23(13-9-16)11-5-10-22-21(24)19-14-17-6-3-4-7-18(17)15-20(19)25-2/h3-4,6-7,14-16H,5,8-13H2,1-2H3,(H,22,24). The summed E-state index contributed by atoms with van der Waals surface area (Å²) in [6, 6.07) is 11.9. The Balaban J connectivity index is 1.55. The molecule has 1 fully saturated rings. The molecule has 0 spiro atoms. The summed E-state index contributed by atoms with van der Waals surface area (Å²) in [6.07, 6.45) is 3.57. The van der Waals surface area contributed by atoms with Crippen LogP contribution in [0.4, 0.5) is 0 Å². The molecular weight excluding hydrogens is 312 g/mol. The van der Waals surface area contributed by atoms with E-state index in [-0.39, 0.29) is 5.91 Å². The average Bonchev–Trinajstić information content (AvgIpc) is 2.65. The highest BCUT2D eigenvalue weighted by molar-refractivity contribution is 6.01. The summed E-state index contributed by atoms with van der Waals surface area (Å²) in [5.74, 6) is 1.42. The molecule has 1 N–H and O–H groups in total. The molecule has 2 aromatic carbocycles. The SMILES string of the molecule is COc1cc2ccccc2cc1C(=O)NCCCN1CCC(C)CC1. The Labute approximate surface area is 150 Å². The van der Waals surface area contributed by atoms with Gasteiger partial charge in [0, 0.05) is 6.54 Å². The fourth-order valence-electron chi connectivity index (χ4n) is 3.45. The van der Waals surface area contributed by atoms with Crippen LogP contribution in [-0.4, -0.2) is 44.1 Å². The lowest BCUT2D eigenvalue weighted by Crippen LogP contribution is -2.35. The number of methoxy groups -OCH3 is 1. The lowest BCUT2D eigenvalue weighted by Gasteiger charge is -2.30. The molecule has 0 unspecified atom stereocenters. The van der Waals surface area contributed by atoms with Gasteiger partial charge < -0.3 is 15.0 Å². The minimum absolute atomic E-state index is 0.0603. The van der Waals surface area contributed by atoms with Crippen molar-refractivity contribution in [2.24, 2.45) is 5.92 Å². The van der Waals surface area contributed by atoms with Crippen molar-refractivity contribution in [3.63, 3.8) is 0 Å². The zero-order chi connectivity index (χ0) is 17.6. The quantitative estimate of drug-likeness (QED) is 0.815. The van der Waals surface area contributed by atoms with Gasteiger partial charge in [0.2, 0.25) is 0 Å². The number of nitrogens with zero attached hydrogens (tertiary/aromatic N) is 1. The molecule has 0 saturated carbocycles. The van der Waals surface area contributed by atoms with Gasteiger partial charge in [0.15, 0.2) is 0 Å². The van der Waals surface area contributed by atoms with E-state index in [1.54, 1.807) is 7.11 Å². The van der Waals surface area contributed by atoms with Crippen LogP contribution in [0.25, 0.3) is 10.8 Å². The fourth-order valence-corrected chi connectivity index (χ4v) is 3.45. The van der Waals surface area contributed by atoms with Crippen molar-refractivity contribution in [3.8, 4) is 5.75 Å². The second-order valence-electron chi connectivity index (χ2n) is 7.03. The van der Waals surface area contributed by atoms with E-state index in [9.17, 15) is 4.79 Å².